The number of carboxylic acids is 1. The lowest BCUT2D eigenvalue weighted by atomic mass is 10.1. The highest BCUT2D eigenvalue weighted by Crippen LogP contribution is 2.32. The molecule has 0 fully saturated rings. The molecule has 1 N–H and O–H groups in total. The number of hydrogen-bond donors (Lipinski definition) is 1. The van der Waals surface area contributed by atoms with Gasteiger partial charge in [-0.1, -0.05) is 30.3 Å². The van der Waals surface area contributed by atoms with Crippen LogP contribution < -0.4 is 0 Å². The van der Waals surface area contributed by atoms with Crippen LogP contribution in [-0.2, 0) is 9.59 Å². The first-order valence-corrected chi connectivity index (χ1v) is 10.8. The summed E-state index contributed by atoms with van der Waals surface area (Å²) < 4.78 is 5.87. The first-order valence-electron chi connectivity index (χ1n) is 10.8. The van der Waals surface area contributed by atoms with Gasteiger partial charge in [0.25, 0.3) is 11.6 Å². The molecule has 1 aliphatic rings. The molecule has 0 radical (unpaired) electrons. The second kappa shape index (κ2) is 9.99. The Morgan fingerprint density at radius 3 is 2.41 bits per heavy atom. The van der Waals surface area contributed by atoms with E-state index in [4.69, 9.17) is 9.52 Å². The molecule has 3 aromatic rings. The molecule has 2 heterocycles. The van der Waals surface area contributed by atoms with E-state index in [1.54, 1.807) is 35.2 Å². The number of nitro benzene ring substituents is 1. The monoisotopic (exact) mass is 458 g/mol. The third-order valence-electron chi connectivity index (χ3n) is 5.45. The van der Waals surface area contributed by atoms with E-state index in [1.165, 1.54) is 12.1 Å². The van der Waals surface area contributed by atoms with Gasteiger partial charge in [0.05, 0.1) is 10.6 Å². The average molecular weight is 458 g/mol. The van der Waals surface area contributed by atoms with Gasteiger partial charge in [-0.05, 0) is 54.8 Å². The van der Waals surface area contributed by atoms with Crippen LogP contribution in [0.1, 0.15) is 30.6 Å². The lowest BCUT2D eigenvalue weighted by molar-refractivity contribution is -0.384. The standard InChI is InChI=1S/C26H22N2O6/c29-25(30)8-4-5-15-27-23(18-6-2-1-3-7-18)17-20(26(27)31)16-22-13-14-24(34-22)19-9-11-21(12-10-19)28(32)33/h1-3,6-7,9-14,16-17H,4-5,8,15H2,(H,29,30). The summed E-state index contributed by atoms with van der Waals surface area (Å²) in [6.45, 7) is 0.413. The van der Waals surface area contributed by atoms with E-state index in [9.17, 15) is 19.7 Å². The van der Waals surface area contributed by atoms with Crippen molar-refractivity contribution in [2.75, 3.05) is 6.54 Å². The molecule has 2 aromatic carbocycles. The maximum atomic E-state index is 13.2. The molecule has 172 valence electrons. The fourth-order valence-corrected chi connectivity index (χ4v) is 3.76. The Morgan fingerprint density at radius 1 is 1.00 bits per heavy atom. The van der Waals surface area contributed by atoms with Gasteiger partial charge in [0.2, 0.25) is 0 Å². The predicted octanol–water partition coefficient (Wildman–Crippen LogP) is 5.38. The van der Waals surface area contributed by atoms with Gasteiger partial charge in [0.1, 0.15) is 11.5 Å². The van der Waals surface area contributed by atoms with Crippen LogP contribution in [0.3, 0.4) is 0 Å². The zero-order chi connectivity index (χ0) is 24.1. The van der Waals surface area contributed by atoms with Gasteiger partial charge in [-0.3, -0.25) is 19.7 Å². The van der Waals surface area contributed by atoms with E-state index < -0.39 is 10.9 Å². The molecule has 0 bridgehead atoms. The SMILES string of the molecule is O=C(O)CCCCN1C(=O)C(=Cc2ccc(-c3ccc([N+](=O)[O-])cc3)o2)C=C1c1ccccc1. The second-order valence-electron chi connectivity index (χ2n) is 7.81. The van der Waals surface area contributed by atoms with Gasteiger partial charge in [-0.2, -0.15) is 0 Å². The van der Waals surface area contributed by atoms with E-state index in [0.29, 0.717) is 42.0 Å². The molecule has 1 aromatic heterocycles. The third-order valence-corrected chi connectivity index (χ3v) is 5.45. The van der Waals surface area contributed by atoms with Crippen LogP contribution in [0.5, 0.6) is 0 Å². The minimum absolute atomic E-state index is 0.00350. The molecule has 0 atom stereocenters. The Balaban J connectivity index is 1.57. The molecular weight excluding hydrogens is 436 g/mol. The highest BCUT2D eigenvalue weighted by atomic mass is 16.6. The van der Waals surface area contributed by atoms with E-state index in [1.807, 2.05) is 36.4 Å². The van der Waals surface area contributed by atoms with E-state index in [0.717, 1.165) is 11.3 Å². The van der Waals surface area contributed by atoms with Crippen LogP contribution in [-0.4, -0.2) is 33.4 Å². The largest absolute Gasteiger partial charge is 0.481 e. The zero-order valence-electron chi connectivity index (χ0n) is 18.2. The van der Waals surface area contributed by atoms with Crippen LogP contribution in [0.15, 0.2) is 82.8 Å². The molecule has 1 aliphatic heterocycles. The van der Waals surface area contributed by atoms with Crippen molar-refractivity contribution >= 4 is 29.3 Å². The smallest absolute Gasteiger partial charge is 0.303 e. The van der Waals surface area contributed by atoms with Gasteiger partial charge >= 0.3 is 5.97 Å². The van der Waals surface area contributed by atoms with Gasteiger partial charge < -0.3 is 14.4 Å². The number of carbonyl (C=O) groups excluding carboxylic acids is 1. The van der Waals surface area contributed by atoms with Gasteiger partial charge in [-0.25, -0.2) is 0 Å². The third kappa shape index (κ3) is 5.12. The van der Waals surface area contributed by atoms with E-state index in [-0.39, 0.29) is 18.0 Å². The Morgan fingerprint density at radius 2 is 1.74 bits per heavy atom. The molecule has 0 aliphatic carbocycles. The van der Waals surface area contributed by atoms with Gasteiger partial charge in [0.15, 0.2) is 0 Å². The lowest BCUT2D eigenvalue weighted by Gasteiger charge is -2.20. The fourth-order valence-electron chi connectivity index (χ4n) is 3.76. The van der Waals surface area contributed by atoms with Crippen LogP contribution in [0.25, 0.3) is 23.1 Å². The van der Waals surface area contributed by atoms with Crippen LogP contribution in [0, 0.1) is 10.1 Å². The number of non-ortho nitro benzene ring substituents is 1. The summed E-state index contributed by atoms with van der Waals surface area (Å²) in [5.74, 6) is -0.0191. The molecule has 0 saturated carbocycles. The Labute approximate surface area is 195 Å². The average Bonchev–Trinajstić information content (AvgIpc) is 3.42. The van der Waals surface area contributed by atoms with Gasteiger partial charge in [-0.15, -0.1) is 0 Å². The van der Waals surface area contributed by atoms with Crippen molar-refractivity contribution in [2.24, 2.45) is 0 Å². The van der Waals surface area contributed by atoms with E-state index in [2.05, 4.69) is 0 Å². The summed E-state index contributed by atoms with van der Waals surface area (Å²) in [5, 5.41) is 19.7. The first kappa shape index (κ1) is 22.7. The number of rotatable bonds is 9. The molecule has 1 amide bonds. The van der Waals surface area contributed by atoms with Crippen molar-refractivity contribution in [1.29, 1.82) is 0 Å². The quantitative estimate of drug-likeness (QED) is 0.199. The minimum Gasteiger partial charge on any atom is -0.481 e. The van der Waals surface area contributed by atoms with Crippen LogP contribution in [0.2, 0.25) is 0 Å². The summed E-state index contributed by atoms with van der Waals surface area (Å²) in [6.07, 6.45) is 4.59. The number of nitro groups is 1. The highest BCUT2D eigenvalue weighted by molar-refractivity contribution is 6.10. The normalized spacial score (nSPS) is 14.5. The van der Waals surface area contributed by atoms with Gasteiger partial charge in [0, 0.05) is 36.2 Å². The minimum atomic E-state index is -0.853. The van der Waals surface area contributed by atoms with Crippen molar-refractivity contribution in [3.05, 3.63) is 99.8 Å². The summed E-state index contributed by atoms with van der Waals surface area (Å²) in [5.41, 5.74) is 2.80. The molecule has 8 nitrogen and oxygen atoms in total. The number of hydrogen-bond acceptors (Lipinski definition) is 5. The molecular formula is C26H22N2O6. The predicted molar refractivity (Wildman–Crippen MR) is 126 cm³/mol. The van der Waals surface area contributed by atoms with Crippen LogP contribution in [0.4, 0.5) is 5.69 Å². The van der Waals surface area contributed by atoms with Crippen molar-refractivity contribution in [3.63, 3.8) is 0 Å². The molecule has 8 heteroatoms. The fraction of sp³-hybridized carbons (Fsp3) is 0.154. The maximum absolute atomic E-state index is 13.2. The number of unbranched alkanes of at least 4 members (excludes halogenated alkanes) is 1. The number of benzene rings is 2. The van der Waals surface area contributed by atoms with Crippen molar-refractivity contribution < 1.29 is 24.0 Å². The van der Waals surface area contributed by atoms with Crippen molar-refractivity contribution in [3.8, 4) is 11.3 Å². The summed E-state index contributed by atoms with van der Waals surface area (Å²) in [7, 11) is 0. The number of amides is 1. The summed E-state index contributed by atoms with van der Waals surface area (Å²) >= 11 is 0. The number of nitrogens with zero attached hydrogens (tertiary/aromatic N) is 2. The zero-order valence-corrected chi connectivity index (χ0v) is 18.2. The first-order chi connectivity index (χ1) is 16.4. The molecule has 0 unspecified atom stereocenters. The number of carboxylic acid groups (broad SMARTS) is 1. The summed E-state index contributed by atoms with van der Waals surface area (Å²) in [4.78, 5) is 36.1. The van der Waals surface area contributed by atoms with Crippen molar-refractivity contribution in [1.82, 2.24) is 4.90 Å². The molecule has 4 rings (SSSR count). The Bertz CT molecular complexity index is 1270. The van der Waals surface area contributed by atoms with Crippen LogP contribution >= 0.6 is 0 Å². The highest BCUT2D eigenvalue weighted by Gasteiger charge is 2.28. The van der Waals surface area contributed by atoms with Crippen molar-refractivity contribution in [2.45, 2.75) is 19.3 Å². The second-order valence-corrected chi connectivity index (χ2v) is 7.81. The Kier molecular flexibility index (Phi) is 6.68. The lowest BCUT2D eigenvalue weighted by Crippen LogP contribution is -2.26. The Hall–Kier alpha value is -4.46. The number of furan rings is 1. The topological polar surface area (TPSA) is 114 Å². The molecule has 0 spiro atoms. The molecule has 0 saturated heterocycles. The number of carbonyl (C=O) groups is 2. The maximum Gasteiger partial charge on any atom is 0.303 e. The van der Waals surface area contributed by atoms with E-state index >= 15 is 0 Å². The summed E-state index contributed by atoms with van der Waals surface area (Å²) in [6, 6.07) is 19.1. The molecule has 34 heavy (non-hydrogen) atoms. The number of aliphatic carboxylic acids is 1.